The lowest BCUT2D eigenvalue weighted by Gasteiger charge is -2.15. The van der Waals surface area contributed by atoms with E-state index in [1.54, 1.807) is 6.92 Å². The topological polar surface area (TPSA) is 88.4 Å². The Morgan fingerprint density at radius 1 is 1.09 bits per heavy atom. The zero-order valence-electron chi connectivity index (χ0n) is 17.4. The van der Waals surface area contributed by atoms with Crippen LogP contribution in [0.4, 0.5) is 27.6 Å². The van der Waals surface area contributed by atoms with E-state index in [1.807, 2.05) is 0 Å². The fourth-order valence-corrected chi connectivity index (χ4v) is 3.56. The molecule has 34 heavy (non-hydrogen) atoms. The lowest BCUT2D eigenvalue weighted by molar-refractivity contribution is -0.139. The van der Waals surface area contributed by atoms with Crippen LogP contribution in [-0.4, -0.2) is 35.9 Å². The highest BCUT2D eigenvalue weighted by Gasteiger charge is 2.37. The van der Waals surface area contributed by atoms with E-state index < -0.39 is 53.3 Å². The Labute approximate surface area is 197 Å². The van der Waals surface area contributed by atoms with Gasteiger partial charge in [-0.25, -0.2) is 26.7 Å². The molecule has 1 heterocycles. The molecule has 2 aromatic carbocycles. The molecule has 1 N–H and O–H groups in total. The molecule has 0 spiro atoms. The Hall–Kier alpha value is -3.48. The molecule has 0 atom stereocenters. The summed E-state index contributed by atoms with van der Waals surface area (Å²) >= 11 is 3.22. The minimum Gasteiger partial charge on any atom is -0.490 e. The van der Waals surface area contributed by atoms with E-state index >= 15 is 0 Å². The van der Waals surface area contributed by atoms with E-state index in [9.17, 15) is 31.5 Å². The summed E-state index contributed by atoms with van der Waals surface area (Å²) in [6, 6.07) is 2.84. The molecule has 180 valence electrons. The minimum absolute atomic E-state index is 0.0609. The van der Waals surface area contributed by atoms with E-state index in [0.29, 0.717) is 5.56 Å². The maximum atomic E-state index is 14.2. The number of carboxylic acid groups (broad SMARTS) is 1. The van der Waals surface area contributed by atoms with Gasteiger partial charge in [0.2, 0.25) is 5.82 Å². The smallest absolute Gasteiger partial charge is 0.341 e. The van der Waals surface area contributed by atoms with Crippen LogP contribution in [-0.2, 0) is 9.59 Å². The third kappa shape index (κ3) is 4.60. The first-order valence-corrected chi connectivity index (χ1v) is 10.2. The second-order valence-electron chi connectivity index (χ2n) is 6.72. The molecule has 1 amide bonds. The van der Waals surface area contributed by atoms with Crippen molar-refractivity contribution in [3.63, 3.8) is 0 Å². The number of nitrogens with zero attached hydrogens (tertiary/aromatic N) is 2. The molecule has 1 aliphatic rings. The molecular formula is C21H14BrF5N2O5. The summed E-state index contributed by atoms with van der Waals surface area (Å²) in [6.07, 6.45) is 1.25. The number of carboxylic acids is 1. The quantitative estimate of drug-likeness (QED) is 0.232. The van der Waals surface area contributed by atoms with Crippen molar-refractivity contribution < 1.29 is 46.1 Å². The first kappa shape index (κ1) is 25.1. The summed E-state index contributed by atoms with van der Waals surface area (Å²) in [4.78, 5) is 23.6. The first-order valence-electron chi connectivity index (χ1n) is 9.41. The van der Waals surface area contributed by atoms with Gasteiger partial charge in [-0.1, -0.05) is 0 Å². The van der Waals surface area contributed by atoms with Gasteiger partial charge in [-0.3, -0.25) is 4.79 Å². The summed E-state index contributed by atoms with van der Waals surface area (Å²) in [5, 5.41) is 12.6. The average molecular weight is 549 g/mol. The van der Waals surface area contributed by atoms with E-state index in [2.05, 4.69) is 21.0 Å². The normalized spacial score (nSPS) is 14.6. The molecule has 0 radical (unpaired) electrons. The van der Waals surface area contributed by atoms with Crippen molar-refractivity contribution in [2.24, 2.45) is 5.10 Å². The third-order valence-corrected chi connectivity index (χ3v) is 5.03. The molecule has 0 fully saturated rings. The van der Waals surface area contributed by atoms with Crippen molar-refractivity contribution in [3.05, 3.63) is 56.8 Å². The van der Waals surface area contributed by atoms with E-state index in [1.165, 1.54) is 25.1 Å². The SMILES string of the molecule is CCOc1cc(/C=C2/C(=O)N(c3c(F)c(F)c(F)c(F)c3F)N=C2C)cc(Br)c1OCC(=O)O. The number of anilines is 1. The standard InChI is InChI=1S/C21H14BrF5N2O5/c1-3-33-12-6-9(5-11(22)20(12)34-7-13(30)31)4-10-8(2)28-29(21(10)32)19-17(26)15(24)14(23)16(25)18(19)27/h4-6H,3,7H2,1-2H3,(H,30,31)/b10-4+. The number of amides is 1. The number of carbonyl (C=O) groups excluding carboxylic acids is 1. The van der Waals surface area contributed by atoms with Crippen LogP contribution in [0.2, 0.25) is 0 Å². The number of halogens is 6. The number of hydrazone groups is 1. The van der Waals surface area contributed by atoms with Crippen LogP contribution >= 0.6 is 15.9 Å². The second kappa shape index (κ2) is 9.79. The Bertz CT molecular complexity index is 1240. The molecule has 0 saturated carbocycles. The molecule has 0 saturated heterocycles. The number of benzene rings is 2. The van der Waals surface area contributed by atoms with Crippen molar-refractivity contribution in [3.8, 4) is 11.5 Å². The number of carbonyl (C=O) groups is 2. The molecule has 1 aliphatic heterocycles. The van der Waals surface area contributed by atoms with Gasteiger partial charge in [0.1, 0.15) is 5.69 Å². The highest BCUT2D eigenvalue weighted by Crippen LogP contribution is 2.38. The van der Waals surface area contributed by atoms with Crippen molar-refractivity contribution in [2.45, 2.75) is 13.8 Å². The summed E-state index contributed by atoms with van der Waals surface area (Å²) in [7, 11) is 0. The minimum atomic E-state index is -2.36. The van der Waals surface area contributed by atoms with Crippen molar-refractivity contribution in [1.29, 1.82) is 0 Å². The van der Waals surface area contributed by atoms with Gasteiger partial charge in [0.25, 0.3) is 5.91 Å². The highest BCUT2D eigenvalue weighted by molar-refractivity contribution is 9.10. The predicted octanol–water partition coefficient (Wildman–Crippen LogP) is 4.81. The molecule has 0 bridgehead atoms. The van der Waals surface area contributed by atoms with E-state index in [4.69, 9.17) is 14.6 Å². The summed E-state index contributed by atoms with van der Waals surface area (Å²) in [5.74, 6) is -13.4. The van der Waals surface area contributed by atoms with Crippen LogP contribution < -0.4 is 14.5 Å². The van der Waals surface area contributed by atoms with Gasteiger partial charge in [-0.2, -0.15) is 10.1 Å². The monoisotopic (exact) mass is 548 g/mol. The van der Waals surface area contributed by atoms with Gasteiger partial charge >= 0.3 is 5.97 Å². The second-order valence-corrected chi connectivity index (χ2v) is 7.58. The van der Waals surface area contributed by atoms with Gasteiger partial charge in [0.05, 0.1) is 22.4 Å². The van der Waals surface area contributed by atoms with Gasteiger partial charge in [-0.05, 0) is 53.5 Å². The fraction of sp³-hybridized carbons (Fsp3) is 0.190. The maximum absolute atomic E-state index is 14.2. The third-order valence-electron chi connectivity index (χ3n) is 4.44. The fourth-order valence-electron chi connectivity index (χ4n) is 2.99. The molecule has 0 aromatic heterocycles. The van der Waals surface area contributed by atoms with Gasteiger partial charge in [-0.15, -0.1) is 0 Å². The molecule has 0 aliphatic carbocycles. The van der Waals surface area contributed by atoms with E-state index in [-0.39, 0.29) is 38.9 Å². The molecule has 7 nitrogen and oxygen atoms in total. The van der Waals surface area contributed by atoms with E-state index in [0.717, 1.165) is 0 Å². The average Bonchev–Trinajstić information content (AvgIpc) is 3.04. The Balaban J connectivity index is 2.04. The van der Waals surface area contributed by atoms with Crippen LogP contribution in [0, 0.1) is 29.1 Å². The summed E-state index contributed by atoms with van der Waals surface area (Å²) < 4.78 is 79.9. The first-order chi connectivity index (χ1) is 16.0. The Morgan fingerprint density at radius 2 is 1.68 bits per heavy atom. The highest BCUT2D eigenvalue weighted by atomic mass is 79.9. The number of hydrogen-bond donors (Lipinski definition) is 1. The predicted molar refractivity (Wildman–Crippen MR) is 113 cm³/mol. The zero-order chi connectivity index (χ0) is 25.3. The zero-order valence-corrected chi connectivity index (χ0v) is 19.0. The number of hydrogen-bond acceptors (Lipinski definition) is 5. The molecule has 13 heteroatoms. The summed E-state index contributed by atoms with van der Waals surface area (Å²) in [5.41, 5.74) is -1.46. The van der Waals surface area contributed by atoms with Crippen LogP contribution in [0.1, 0.15) is 19.4 Å². The van der Waals surface area contributed by atoms with Crippen molar-refractivity contribution in [1.82, 2.24) is 0 Å². The van der Waals surface area contributed by atoms with Crippen LogP contribution in [0.25, 0.3) is 6.08 Å². The largest absolute Gasteiger partial charge is 0.490 e. The van der Waals surface area contributed by atoms with Gasteiger partial charge in [0, 0.05) is 0 Å². The molecule has 3 rings (SSSR count). The van der Waals surface area contributed by atoms with Gasteiger partial charge in [0.15, 0.2) is 41.4 Å². The number of aliphatic carboxylic acids is 1. The van der Waals surface area contributed by atoms with Crippen molar-refractivity contribution in [2.75, 3.05) is 18.2 Å². The lowest BCUT2D eigenvalue weighted by Crippen LogP contribution is -2.25. The number of ether oxygens (including phenoxy) is 2. The molecular weight excluding hydrogens is 535 g/mol. The van der Waals surface area contributed by atoms with Crippen LogP contribution in [0.5, 0.6) is 11.5 Å². The maximum Gasteiger partial charge on any atom is 0.341 e. The number of rotatable bonds is 7. The lowest BCUT2D eigenvalue weighted by atomic mass is 10.1. The Kier molecular flexibility index (Phi) is 7.24. The van der Waals surface area contributed by atoms with Crippen LogP contribution in [0.3, 0.4) is 0 Å². The Morgan fingerprint density at radius 3 is 2.24 bits per heavy atom. The van der Waals surface area contributed by atoms with Crippen molar-refractivity contribution >= 4 is 45.3 Å². The molecule has 2 aromatic rings. The summed E-state index contributed by atoms with van der Waals surface area (Å²) in [6.45, 7) is 2.50. The van der Waals surface area contributed by atoms with Gasteiger partial charge < -0.3 is 14.6 Å². The molecule has 0 unspecified atom stereocenters. The van der Waals surface area contributed by atoms with Crippen LogP contribution in [0.15, 0.2) is 27.3 Å².